The second-order valence-electron chi connectivity index (χ2n) is 7.83. The van der Waals surface area contributed by atoms with Crippen molar-refractivity contribution in [3.63, 3.8) is 0 Å². The van der Waals surface area contributed by atoms with Crippen molar-refractivity contribution < 1.29 is 17.6 Å². The molecule has 0 saturated carbocycles. The number of halogens is 2. The molecule has 5 aromatic rings. The number of aromatic nitrogens is 3. The lowest BCUT2D eigenvalue weighted by molar-refractivity contribution is 0.0998. The molecule has 5 rings (SSSR count). The molecule has 8 nitrogen and oxygen atoms in total. The molecule has 0 aliphatic rings. The summed E-state index contributed by atoms with van der Waals surface area (Å²) in [4.78, 5) is 25.5. The van der Waals surface area contributed by atoms with Crippen LogP contribution in [0, 0.1) is 5.82 Å². The molecule has 0 aliphatic carbocycles. The van der Waals surface area contributed by atoms with E-state index in [0.717, 1.165) is 24.3 Å². The highest BCUT2D eigenvalue weighted by molar-refractivity contribution is 7.92. The standard InChI is InChI=1S/C26H17ClFN5O3S/c27-18-7-5-17(6-8-18)26(34)29-20-13-15-33(16-14-20)25-24(30-22-3-1-2-4-23(22)31-25)32-37(35,36)21-11-9-19(28)10-12-21/h1-16H,(H,30,32). The number of benzene rings is 3. The van der Waals surface area contributed by atoms with Crippen molar-refractivity contribution in [2.24, 2.45) is 4.99 Å². The summed E-state index contributed by atoms with van der Waals surface area (Å²) in [7, 11) is -4.09. The number of hydrogen-bond acceptors (Lipinski definition) is 5. The smallest absolute Gasteiger partial charge is 0.277 e. The van der Waals surface area contributed by atoms with Crippen LogP contribution in [0.4, 0.5) is 10.2 Å². The lowest BCUT2D eigenvalue weighted by atomic mass is 10.2. The number of carbonyl (C=O) groups excluding carboxylic acids is 1. The molecule has 1 amide bonds. The second-order valence-corrected chi connectivity index (χ2v) is 9.95. The second kappa shape index (κ2) is 9.92. The van der Waals surface area contributed by atoms with Crippen molar-refractivity contribution in [3.05, 3.63) is 119 Å². The van der Waals surface area contributed by atoms with Crippen LogP contribution in [0.3, 0.4) is 0 Å². The van der Waals surface area contributed by atoms with Crippen LogP contribution in [0.5, 0.6) is 0 Å². The van der Waals surface area contributed by atoms with E-state index in [2.05, 4.69) is 19.7 Å². The van der Waals surface area contributed by atoms with Gasteiger partial charge < -0.3 is 4.57 Å². The van der Waals surface area contributed by atoms with E-state index in [1.807, 2.05) is 0 Å². The van der Waals surface area contributed by atoms with Gasteiger partial charge in [0.25, 0.3) is 15.9 Å². The van der Waals surface area contributed by atoms with Crippen molar-refractivity contribution >= 4 is 44.4 Å². The maximum absolute atomic E-state index is 13.3. The fourth-order valence-electron chi connectivity index (χ4n) is 3.45. The number of amides is 1. The number of nitrogens with one attached hydrogen (secondary N) is 1. The first-order valence-corrected chi connectivity index (χ1v) is 12.7. The van der Waals surface area contributed by atoms with Crippen LogP contribution in [0.1, 0.15) is 10.4 Å². The molecule has 0 unspecified atom stereocenters. The molecule has 0 atom stereocenters. The molecule has 2 aromatic heterocycles. The molecule has 37 heavy (non-hydrogen) atoms. The number of anilines is 1. The first kappa shape index (κ1) is 24.3. The highest BCUT2D eigenvalue weighted by atomic mass is 35.5. The molecule has 0 bridgehead atoms. The number of para-hydroxylation sites is 2. The Hall–Kier alpha value is -4.41. The van der Waals surface area contributed by atoms with E-state index in [0.29, 0.717) is 27.0 Å². The Labute approximate surface area is 215 Å². The normalized spacial score (nSPS) is 11.3. The first-order chi connectivity index (χ1) is 17.8. The van der Waals surface area contributed by atoms with Crippen LogP contribution >= 0.6 is 11.6 Å². The molecule has 3 aromatic carbocycles. The number of nitrogens with zero attached hydrogens (tertiary/aromatic N) is 4. The van der Waals surface area contributed by atoms with Crippen molar-refractivity contribution in [3.8, 4) is 5.82 Å². The summed E-state index contributed by atoms with van der Waals surface area (Å²) in [6, 6.07) is 21.0. The van der Waals surface area contributed by atoms with E-state index in [4.69, 9.17) is 11.6 Å². The Balaban J connectivity index is 1.53. The van der Waals surface area contributed by atoms with Gasteiger partial charge in [-0.1, -0.05) is 23.7 Å². The fourth-order valence-corrected chi connectivity index (χ4v) is 4.58. The van der Waals surface area contributed by atoms with E-state index in [1.165, 1.54) is 0 Å². The Kier molecular flexibility index (Phi) is 6.51. The minimum Gasteiger partial charge on any atom is -0.305 e. The summed E-state index contributed by atoms with van der Waals surface area (Å²) in [6.45, 7) is 0. The van der Waals surface area contributed by atoms with Gasteiger partial charge in [0.15, 0.2) is 11.6 Å². The summed E-state index contributed by atoms with van der Waals surface area (Å²) in [6.07, 6.45) is 3.17. The Morgan fingerprint density at radius 1 is 0.865 bits per heavy atom. The number of carbonyl (C=O) groups is 1. The van der Waals surface area contributed by atoms with E-state index in [-0.39, 0.29) is 16.5 Å². The molecule has 1 N–H and O–H groups in total. The van der Waals surface area contributed by atoms with Crippen LogP contribution in [-0.4, -0.2) is 28.9 Å². The number of sulfonamides is 1. The van der Waals surface area contributed by atoms with Gasteiger partial charge in [-0.3, -0.25) is 9.52 Å². The van der Waals surface area contributed by atoms with E-state index in [1.54, 1.807) is 77.6 Å². The quantitative estimate of drug-likeness (QED) is 0.351. The SMILES string of the molecule is O=C(N=c1ccn(-c2nc3ccccc3nc2NS(=O)(=O)c2ccc(F)cc2)cc1)c1ccc(Cl)cc1. The minimum absolute atomic E-state index is 0.0324. The minimum atomic E-state index is -4.09. The number of rotatable bonds is 5. The van der Waals surface area contributed by atoms with Crippen molar-refractivity contribution in [2.75, 3.05) is 4.72 Å². The van der Waals surface area contributed by atoms with Crippen molar-refractivity contribution in [1.29, 1.82) is 0 Å². The summed E-state index contributed by atoms with van der Waals surface area (Å²) in [5.74, 6) is -0.830. The van der Waals surface area contributed by atoms with Crippen LogP contribution in [0.15, 0.2) is 107 Å². The summed E-state index contributed by atoms with van der Waals surface area (Å²) < 4.78 is 43.3. The van der Waals surface area contributed by atoms with Gasteiger partial charge in [0.1, 0.15) is 5.82 Å². The van der Waals surface area contributed by atoms with Crippen molar-refractivity contribution in [2.45, 2.75) is 4.90 Å². The van der Waals surface area contributed by atoms with E-state index in [9.17, 15) is 17.6 Å². The monoisotopic (exact) mass is 533 g/mol. The molecular weight excluding hydrogens is 517 g/mol. The lowest BCUT2D eigenvalue weighted by Crippen LogP contribution is -2.17. The highest BCUT2D eigenvalue weighted by Crippen LogP contribution is 2.23. The van der Waals surface area contributed by atoms with Crippen LogP contribution in [0.25, 0.3) is 16.9 Å². The van der Waals surface area contributed by atoms with Gasteiger partial charge in [-0.05, 0) is 72.8 Å². The zero-order valence-electron chi connectivity index (χ0n) is 18.9. The van der Waals surface area contributed by atoms with Crippen LogP contribution in [0.2, 0.25) is 5.02 Å². The molecule has 11 heteroatoms. The van der Waals surface area contributed by atoms with Gasteiger partial charge in [-0.25, -0.2) is 27.8 Å². The third-order valence-electron chi connectivity index (χ3n) is 5.29. The topological polar surface area (TPSA) is 106 Å². The van der Waals surface area contributed by atoms with Crippen LogP contribution in [-0.2, 0) is 10.0 Å². The van der Waals surface area contributed by atoms with Crippen LogP contribution < -0.4 is 10.1 Å². The fraction of sp³-hybridized carbons (Fsp3) is 0. The van der Waals surface area contributed by atoms with Gasteiger partial charge in [0.2, 0.25) is 0 Å². The third-order valence-corrected chi connectivity index (χ3v) is 6.89. The molecule has 0 saturated heterocycles. The zero-order chi connectivity index (χ0) is 26.0. The first-order valence-electron chi connectivity index (χ1n) is 10.9. The Morgan fingerprint density at radius 2 is 1.49 bits per heavy atom. The van der Waals surface area contributed by atoms with Gasteiger partial charge in [-0.15, -0.1) is 0 Å². The van der Waals surface area contributed by atoms with Gasteiger partial charge in [0, 0.05) is 23.0 Å². The average molecular weight is 534 g/mol. The van der Waals surface area contributed by atoms with Gasteiger partial charge in [-0.2, -0.15) is 0 Å². The van der Waals surface area contributed by atoms with Crippen molar-refractivity contribution in [1.82, 2.24) is 14.5 Å². The molecule has 2 heterocycles. The number of pyridine rings is 1. The molecule has 0 radical (unpaired) electrons. The average Bonchev–Trinajstić information content (AvgIpc) is 2.89. The number of hydrogen-bond donors (Lipinski definition) is 1. The summed E-state index contributed by atoms with van der Waals surface area (Å²) in [5.41, 5.74) is 1.41. The predicted octanol–water partition coefficient (Wildman–Crippen LogP) is 4.75. The Morgan fingerprint density at radius 3 is 2.14 bits per heavy atom. The summed E-state index contributed by atoms with van der Waals surface area (Å²) in [5, 5.41) is 0.901. The van der Waals surface area contributed by atoms with E-state index >= 15 is 0 Å². The highest BCUT2D eigenvalue weighted by Gasteiger charge is 2.19. The molecule has 184 valence electrons. The summed E-state index contributed by atoms with van der Waals surface area (Å²) >= 11 is 5.87. The molecular formula is C26H17ClFN5O3S. The third kappa shape index (κ3) is 5.40. The molecule has 0 spiro atoms. The maximum atomic E-state index is 13.3. The largest absolute Gasteiger partial charge is 0.305 e. The van der Waals surface area contributed by atoms with E-state index < -0.39 is 21.7 Å². The zero-order valence-corrected chi connectivity index (χ0v) is 20.5. The van der Waals surface area contributed by atoms with Gasteiger partial charge >= 0.3 is 0 Å². The Bertz CT molecular complexity index is 1790. The maximum Gasteiger partial charge on any atom is 0.277 e. The van der Waals surface area contributed by atoms with Gasteiger partial charge in [0.05, 0.1) is 21.3 Å². The lowest BCUT2D eigenvalue weighted by Gasteiger charge is -2.14. The predicted molar refractivity (Wildman–Crippen MR) is 137 cm³/mol. The number of fused-ring (bicyclic) bond motifs is 1. The molecule has 0 fully saturated rings. The molecule has 0 aliphatic heterocycles.